The fourth-order valence-electron chi connectivity index (χ4n) is 1.95. The number of primary amides is 1. The lowest BCUT2D eigenvalue weighted by Crippen LogP contribution is -2.31. The van der Waals surface area contributed by atoms with Gasteiger partial charge in [-0.2, -0.15) is 0 Å². The average molecular weight is 310 g/mol. The van der Waals surface area contributed by atoms with E-state index in [0.717, 1.165) is 11.3 Å². The highest BCUT2D eigenvalue weighted by Crippen LogP contribution is 2.14. The van der Waals surface area contributed by atoms with E-state index in [1.165, 1.54) is 6.08 Å². The number of hydrogen-bond donors (Lipinski definition) is 2. The Balaban J connectivity index is 2.17. The molecule has 0 spiro atoms. The Morgan fingerprint density at radius 2 is 1.74 bits per heavy atom. The molecule has 0 bridgehead atoms. The molecule has 0 saturated carbocycles. The van der Waals surface area contributed by atoms with Crippen LogP contribution in [-0.4, -0.2) is 18.4 Å². The minimum Gasteiger partial charge on any atom is -0.494 e. The zero-order valence-electron chi connectivity index (χ0n) is 12.8. The Morgan fingerprint density at radius 3 is 2.30 bits per heavy atom. The van der Waals surface area contributed by atoms with Gasteiger partial charge < -0.3 is 15.8 Å². The van der Waals surface area contributed by atoms with Crippen LogP contribution < -0.4 is 15.8 Å². The number of hydrogen-bond acceptors (Lipinski definition) is 3. The molecule has 5 heteroatoms. The molecule has 0 saturated heterocycles. The van der Waals surface area contributed by atoms with Gasteiger partial charge in [0.05, 0.1) is 6.61 Å². The summed E-state index contributed by atoms with van der Waals surface area (Å²) in [4.78, 5) is 23.7. The van der Waals surface area contributed by atoms with Crippen LogP contribution >= 0.6 is 0 Å². The van der Waals surface area contributed by atoms with Crippen LogP contribution in [0.4, 0.5) is 0 Å². The van der Waals surface area contributed by atoms with Crippen molar-refractivity contribution in [2.45, 2.75) is 6.92 Å². The topological polar surface area (TPSA) is 81.4 Å². The third-order valence-electron chi connectivity index (χ3n) is 3.05. The molecule has 0 heterocycles. The summed E-state index contributed by atoms with van der Waals surface area (Å²) in [5, 5.41) is 2.54. The van der Waals surface area contributed by atoms with Gasteiger partial charge in [0.1, 0.15) is 11.4 Å². The SMILES string of the molecule is CCOc1ccc(/C=C(\NC(=O)c2ccccc2)C(N)=O)cc1. The summed E-state index contributed by atoms with van der Waals surface area (Å²) in [5.41, 5.74) is 6.55. The lowest BCUT2D eigenvalue weighted by molar-refractivity contribution is -0.114. The molecule has 2 amide bonds. The summed E-state index contributed by atoms with van der Waals surface area (Å²) in [6.45, 7) is 2.48. The van der Waals surface area contributed by atoms with Crippen LogP contribution in [0.15, 0.2) is 60.3 Å². The number of carbonyl (C=O) groups is 2. The van der Waals surface area contributed by atoms with Gasteiger partial charge in [-0.05, 0) is 42.8 Å². The van der Waals surface area contributed by atoms with Crippen LogP contribution in [-0.2, 0) is 4.79 Å². The van der Waals surface area contributed by atoms with Gasteiger partial charge in [-0.1, -0.05) is 30.3 Å². The molecule has 118 valence electrons. The van der Waals surface area contributed by atoms with Crippen molar-refractivity contribution in [1.82, 2.24) is 5.32 Å². The van der Waals surface area contributed by atoms with Crippen molar-refractivity contribution in [2.75, 3.05) is 6.61 Å². The summed E-state index contributed by atoms with van der Waals surface area (Å²) in [5.74, 6) is -0.358. The van der Waals surface area contributed by atoms with Gasteiger partial charge in [-0.15, -0.1) is 0 Å². The summed E-state index contributed by atoms with van der Waals surface area (Å²) in [6, 6.07) is 15.7. The second-order valence-electron chi connectivity index (χ2n) is 4.74. The molecule has 2 rings (SSSR count). The fraction of sp³-hybridized carbons (Fsp3) is 0.111. The molecule has 23 heavy (non-hydrogen) atoms. The Kier molecular flexibility index (Phi) is 5.52. The van der Waals surface area contributed by atoms with Gasteiger partial charge in [0.2, 0.25) is 0 Å². The van der Waals surface area contributed by atoms with E-state index in [-0.39, 0.29) is 11.6 Å². The van der Waals surface area contributed by atoms with Gasteiger partial charge >= 0.3 is 0 Å². The molecule has 0 aliphatic heterocycles. The lowest BCUT2D eigenvalue weighted by atomic mass is 10.1. The standard InChI is InChI=1S/C18H18N2O3/c1-2-23-15-10-8-13(9-11-15)12-16(17(19)21)20-18(22)14-6-4-3-5-7-14/h3-12H,2H2,1H3,(H2,19,21)(H,20,22)/b16-12-. The first-order chi connectivity index (χ1) is 11.1. The Hall–Kier alpha value is -3.08. The van der Waals surface area contributed by atoms with E-state index in [9.17, 15) is 9.59 Å². The Bertz CT molecular complexity index is 707. The first kappa shape index (κ1) is 16.3. The highest BCUT2D eigenvalue weighted by atomic mass is 16.5. The molecular formula is C18H18N2O3. The van der Waals surface area contributed by atoms with Gasteiger partial charge in [-0.25, -0.2) is 0 Å². The minimum absolute atomic E-state index is 0.0306. The predicted molar refractivity (Wildman–Crippen MR) is 88.7 cm³/mol. The third-order valence-corrected chi connectivity index (χ3v) is 3.05. The molecule has 0 aliphatic carbocycles. The molecule has 2 aromatic rings. The number of nitrogens with two attached hydrogens (primary N) is 1. The van der Waals surface area contributed by atoms with E-state index in [1.54, 1.807) is 48.5 Å². The molecule has 0 fully saturated rings. The molecule has 0 atom stereocenters. The number of carbonyl (C=O) groups excluding carboxylic acids is 2. The molecule has 5 nitrogen and oxygen atoms in total. The first-order valence-corrected chi connectivity index (χ1v) is 7.21. The normalized spacial score (nSPS) is 10.9. The maximum atomic E-state index is 12.1. The van der Waals surface area contributed by atoms with Gasteiger partial charge in [0.25, 0.3) is 11.8 Å². The predicted octanol–water partition coefficient (Wildman–Crippen LogP) is 2.34. The highest BCUT2D eigenvalue weighted by Gasteiger charge is 2.11. The maximum Gasteiger partial charge on any atom is 0.265 e. The van der Waals surface area contributed by atoms with Crippen molar-refractivity contribution in [2.24, 2.45) is 5.73 Å². The van der Waals surface area contributed by atoms with Gasteiger partial charge in [0, 0.05) is 5.56 Å². The van der Waals surface area contributed by atoms with E-state index < -0.39 is 5.91 Å². The lowest BCUT2D eigenvalue weighted by Gasteiger charge is -2.07. The third kappa shape index (κ3) is 4.71. The quantitative estimate of drug-likeness (QED) is 0.804. The molecule has 3 N–H and O–H groups in total. The largest absolute Gasteiger partial charge is 0.494 e. The molecular weight excluding hydrogens is 292 g/mol. The van der Waals surface area contributed by atoms with E-state index in [0.29, 0.717) is 12.2 Å². The number of ether oxygens (including phenoxy) is 1. The van der Waals surface area contributed by atoms with E-state index >= 15 is 0 Å². The Labute approximate surface area is 134 Å². The zero-order valence-corrected chi connectivity index (χ0v) is 12.8. The molecule has 0 aromatic heterocycles. The fourth-order valence-corrected chi connectivity index (χ4v) is 1.95. The number of nitrogens with one attached hydrogen (secondary N) is 1. The zero-order chi connectivity index (χ0) is 16.7. The van der Waals surface area contributed by atoms with Gasteiger partial charge in [-0.3, -0.25) is 9.59 Å². The van der Waals surface area contributed by atoms with Crippen LogP contribution in [0.3, 0.4) is 0 Å². The average Bonchev–Trinajstić information content (AvgIpc) is 2.57. The molecule has 0 aliphatic rings. The van der Waals surface area contributed by atoms with Crippen molar-refractivity contribution in [3.05, 3.63) is 71.4 Å². The van der Waals surface area contributed by atoms with Crippen molar-refractivity contribution in [3.63, 3.8) is 0 Å². The number of benzene rings is 2. The second-order valence-corrected chi connectivity index (χ2v) is 4.74. The smallest absolute Gasteiger partial charge is 0.265 e. The summed E-state index contributed by atoms with van der Waals surface area (Å²) < 4.78 is 5.35. The van der Waals surface area contributed by atoms with Crippen molar-refractivity contribution >= 4 is 17.9 Å². The monoisotopic (exact) mass is 310 g/mol. The van der Waals surface area contributed by atoms with Crippen LogP contribution in [0, 0.1) is 0 Å². The summed E-state index contributed by atoms with van der Waals surface area (Å²) in [6.07, 6.45) is 1.53. The van der Waals surface area contributed by atoms with Crippen molar-refractivity contribution < 1.29 is 14.3 Å². The highest BCUT2D eigenvalue weighted by molar-refractivity contribution is 6.04. The van der Waals surface area contributed by atoms with Crippen molar-refractivity contribution in [1.29, 1.82) is 0 Å². The van der Waals surface area contributed by atoms with Crippen LogP contribution in [0.1, 0.15) is 22.8 Å². The number of amides is 2. The van der Waals surface area contributed by atoms with Crippen molar-refractivity contribution in [3.8, 4) is 5.75 Å². The minimum atomic E-state index is -0.705. The van der Waals surface area contributed by atoms with Crippen LogP contribution in [0.25, 0.3) is 6.08 Å². The Morgan fingerprint density at radius 1 is 1.09 bits per heavy atom. The van der Waals surface area contributed by atoms with E-state index in [1.807, 2.05) is 13.0 Å². The molecule has 0 radical (unpaired) electrons. The van der Waals surface area contributed by atoms with Crippen LogP contribution in [0.2, 0.25) is 0 Å². The van der Waals surface area contributed by atoms with E-state index in [2.05, 4.69) is 5.32 Å². The maximum absolute atomic E-state index is 12.1. The first-order valence-electron chi connectivity index (χ1n) is 7.21. The second kappa shape index (κ2) is 7.79. The molecule has 2 aromatic carbocycles. The van der Waals surface area contributed by atoms with Gasteiger partial charge in [0.15, 0.2) is 0 Å². The number of rotatable bonds is 6. The molecule has 0 unspecified atom stereocenters. The summed E-state index contributed by atoms with van der Waals surface area (Å²) in [7, 11) is 0. The summed E-state index contributed by atoms with van der Waals surface area (Å²) >= 11 is 0. The van der Waals surface area contributed by atoms with Crippen LogP contribution in [0.5, 0.6) is 5.75 Å². The van der Waals surface area contributed by atoms with E-state index in [4.69, 9.17) is 10.5 Å².